The van der Waals surface area contributed by atoms with Gasteiger partial charge in [0.05, 0.1) is 0 Å². The van der Waals surface area contributed by atoms with Gasteiger partial charge in [-0.05, 0) is 43.8 Å². The van der Waals surface area contributed by atoms with Crippen molar-refractivity contribution in [1.29, 1.82) is 0 Å². The van der Waals surface area contributed by atoms with Crippen LogP contribution in [0.3, 0.4) is 0 Å². The smallest absolute Gasteiger partial charge is 0.124 e. The van der Waals surface area contributed by atoms with Gasteiger partial charge in [0.2, 0.25) is 0 Å². The lowest BCUT2D eigenvalue weighted by atomic mass is 10.1. The average Bonchev–Trinajstić information content (AvgIpc) is 2.23. The Kier molecular flexibility index (Phi) is 6.97. The lowest BCUT2D eigenvalue weighted by molar-refractivity contribution is 0.211. The second kappa shape index (κ2) is 7.98. The van der Waals surface area contributed by atoms with Crippen LogP contribution in [0, 0.1) is 11.7 Å². The molecule has 0 aromatic heterocycles. The van der Waals surface area contributed by atoms with E-state index in [1.807, 2.05) is 6.07 Å². The van der Waals surface area contributed by atoms with Gasteiger partial charge in [-0.1, -0.05) is 29.8 Å². The number of hydrogen-bond acceptors (Lipinski definition) is 2. The molecule has 4 heteroatoms. The summed E-state index contributed by atoms with van der Waals surface area (Å²) in [5.74, 6) is 0.431. The van der Waals surface area contributed by atoms with Crippen LogP contribution in [0.15, 0.2) is 22.7 Å². The Labute approximate surface area is 124 Å². The van der Waals surface area contributed by atoms with Crippen LogP contribution in [0.25, 0.3) is 0 Å². The molecule has 0 fully saturated rings. The molecule has 2 nitrogen and oxygen atoms in total. The second-order valence-electron chi connectivity index (χ2n) is 5.71. The number of likely N-dealkylation sites (N-methyl/N-ethyl adjacent to an activating group) is 1. The highest BCUT2D eigenvalue weighted by Gasteiger charge is 2.10. The van der Waals surface area contributed by atoms with Gasteiger partial charge in [-0.15, -0.1) is 0 Å². The molecule has 0 atom stereocenters. The summed E-state index contributed by atoms with van der Waals surface area (Å²) >= 11 is 3.35. The van der Waals surface area contributed by atoms with Crippen molar-refractivity contribution in [2.75, 3.05) is 33.7 Å². The largest absolute Gasteiger partial charge is 0.308 e. The van der Waals surface area contributed by atoms with Gasteiger partial charge >= 0.3 is 0 Å². The molecule has 0 aliphatic carbocycles. The molecular formula is C15H24BrFN2. The van der Waals surface area contributed by atoms with Crippen LogP contribution < -0.4 is 0 Å². The molecular weight excluding hydrogens is 307 g/mol. The number of hydrogen-bond donors (Lipinski definition) is 0. The van der Waals surface area contributed by atoms with Crippen molar-refractivity contribution >= 4 is 15.9 Å². The van der Waals surface area contributed by atoms with Crippen LogP contribution in [0.5, 0.6) is 0 Å². The predicted octanol–water partition coefficient (Wildman–Crippen LogP) is 3.61. The monoisotopic (exact) mass is 330 g/mol. The highest BCUT2D eigenvalue weighted by molar-refractivity contribution is 9.10. The summed E-state index contributed by atoms with van der Waals surface area (Å²) in [5, 5.41) is 0. The van der Waals surface area contributed by atoms with Crippen LogP contribution in [0.4, 0.5) is 4.39 Å². The third kappa shape index (κ3) is 7.04. The van der Waals surface area contributed by atoms with Crippen molar-refractivity contribution in [2.24, 2.45) is 5.92 Å². The van der Waals surface area contributed by atoms with Gasteiger partial charge in [0.1, 0.15) is 5.82 Å². The van der Waals surface area contributed by atoms with Crippen LogP contribution in [-0.2, 0) is 6.54 Å². The van der Waals surface area contributed by atoms with E-state index in [1.54, 1.807) is 6.07 Å². The minimum absolute atomic E-state index is 0.179. The fourth-order valence-corrected chi connectivity index (χ4v) is 2.57. The maximum absolute atomic E-state index is 13.4. The maximum Gasteiger partial charge on any atom is 0.124 e. The Morgan fingerprint density at radius 2 is 1.84 bits per heavy atom. The van der Waals surface area contributed by atoms with E-state index in [9.17, 15) is 4.39 Å². The summed E-state index contributed by atoms with van der Waals surface area (Å²) in [6.07, 6.45) is 0. The topological polar surface area (TPSA) is 6.48 Å². The molecule has 0 heterocycles. The van der Waals surface area contributed by atoms with Gasteiger partial charge < -0.3 is 4.90 Å². The average molecular weight is 331 g/mol. The van der Waals surface area contributed by atoms with Crippen molar-refractivity contribution in [1.82, 2.24) is 9.80 Å². The van der Waals surface area contributed by atoms with Crippen molar-refractivity contribution in [2.45, 2.75) is 20.4 Å². The number of halogens is 2. The normalized spacial score (nSPS) is 11.8. The van der Waals surface area contributed by atoms with Gasteiger partial charge in [0.25, 0.3) is 0 Å². The van der Waals surface area contributed by atoms with Crippen LogP contribution in [-0.4, -0.2) is 43.5 Å². The zero-order valence-electron chi connectivity index (χ0n) is 12.3. The lowest BCUT2D eigenvalue weighted by Crippen LogP contribution is -2.34. The van der Waals surface area contributed by atoms with Gasteiger partial charge in [-0.25, -0.2) is 4.39 Å². The fraction of sp³-hybridized carbons (Fsp3) is 0.600. The molecule has 0 spiro atoms. The Hall–Kier alpha value is -0.450. The molecule has 0 aliphatic heterocycles. The molecule has 1 aromatic rings. The van der Waals surface area contributed by atoms with Crippen molar-refractivity contribution in [3.8, 4) is 0 Å². The van der Waals surface area contributed by atoms with Crippen LogP contribution in [0.2, 0.25) is 0 Å². The molecule has 1 aromatic carbocycles. The Morgan fingerprint density at radius 3 is 2.37 bits per heavy atom. The minimum atomic E-state index is -0.179. The predicted molar refractivity (Wildman–Crippen MR) is 82.8 cm³/mol. The molecule has 0 radical (unpaired) electrons. The molecule has 0 saturated carbocycles. The third-order valence-electron chi connectivity index (χ3n) is 2.82. The zero-order valence-corrected chi connectivity index (χ0v) is 13.9. The van der Waals surface area contributed by atoms with E-state index in [1.165, 1.54) is 6.07 Å². The Morgan fingerprint density at radius 1 is 1.16 bits per heavy atom. The molecule has 1 rings (SSSR count). The molecule has 0 unspecified atom stereocenters. The molecule has 0 N–H and O–H groups in total. The van der Waals surface area contributed by atoms with Crippen molar-refractivity contribution in [3.63, 3.8) is 0 Å². The standard InChI is InChI=1S/C15H24BrFN2/c1-12(2)10-19(6-5-18(3)4)11-13-7-14(16)9-15(17)8-13/h7-9,12H,5-6,10-11H2,1-4H3. The third-order valence-corrected chi connectivity index (χ3v) is 3.27. The second-order valence-corrected chi connectivity index (χ2v) is 6.63. The van der Waals surface area contributed by atoms with E-state index in [2.05, 4.69) is 53.7 Å². The number of rotatable bonds is 7. The molecule has 0 bridgehead atoms. The van der Waals surface area contributed by atoms with E-state index >= 15 is 0 Å². The first-order valence-corrected chi connectivity index (χ1v) is 7.48. The van der Waals surface area contributed by atoms with Crippen LogP contribution in [0.1, 0.15) is 19.4 Å². The summed E-state index contributed by atoms with van der Waals surface area (Å²) in [6.45, 7) is 8.27. The first kappa shape index (κ1) is 16.6. The lowest BCUT2D eigenvalue weighted by Gasteiger charge is -2.26. The zero-order chi connectivity index (χ0) is 14.4. The van der Waals surface area contributed by atoms with Crippen molar-refractivity contribution in [3.05, 3.63) is 34.1 Å². The summed E-state index contributed by atoms with van der Waals surface area (Å²) in [4.78, 5) is 4.56. The number of nitrogens with zero attached hydrogens (tertiary/aromatic N) is 2. The molecule has 19 heavy (non-hydrogen) atoms. The van der Waals surface area contributed by atoms with E-state index < -0.39 is 0 Å². The van der Waals surface area contributed by atoms with E-state index in [0.29, 0.717) is 5.92 Å². The van der Waals surface area contributed by atoms with Crippen molar-refractivity contribution < 1.29 is 4.39 Å². The highest BCUT2D eigenvalue weighted by atomic mass is 79.9. The number of benzene rings is 1. The summed E-state index contributed by atoms with van der Waals surface area (Å²) in [6, 6.07) is 5.11. The Bertz CT molecular complexity index is 373. The minimum Gasteiger partial charge on any atom is -0.308 e. The molecule has 0 saturated heterocycles. The summed E-state index contributed by atoms with van der Waals surface area (Å²) in [5.41, 5.74) is 1.02. The summed E-state index contributed by atoms with van der Waals surface area (Å²) in [7, 11) is 4.15. The van der Waals surface area contributed by atoms with Gasteiger partial charge in [-0.2, -0.15) is 0 Å². The molecule has 108 valence electrons. The maximum atomic E-state index is 13.4. The summed E-state index contributed by atoms with van der Waals surface area (Å²) < 4.78 is 14.2. The van der Waals surface area contributed by atoms with E-state index in [-0.39, 0.29) is 5.82 Å². The molecule has 0 aliphatic rings. The first-order chi connectivity index (χ1) is 8.86. The SMILES string of the molecule is CC(C)CN(CCN(C)C)Cc1cc(F)cc(Br)c1. The van der Waals surface area contributed by atoms with E-state index in [4.69, 9.17) is 0 Å². The quantitative estimate of drug-likeness (QED) is 0.753. The van der Waals surface area contributed by atoms with Gasteiger partial charge in [-0.3, -0.25) is 4.90 Å². The van der Waals surface area contributed by atoms with E-state index in [0.717, 1.165) is 36.2 Å². The first-order valence-electron chi connectivity index (χ1n) is 6.69. The fourth-order valence-electron chi connectivity index (χ4n) is 2.05. The van der Waals surface area contributed by atoms with Gasteiger partial charge in [0.15, 0.2) is 0 Å². The van der Waals surface area contributed by atoms with Crippen LogP contribution >= 0.6 is 15.9 Å². The molecule has 0 amide bonds. The highest BCUT2D eigenvalue weighted by Crippen LogP contribution is 2.17. The van der Waals surface area contributed by atoms with Gasteiger partial charge in [0, 0.05) is 30.7 Å². The Balaban J connectivity index is 2.69.